The summed E-state index contributed by atoms with van der Waals surface area (Å²) in [4.78, 5) is 14.0. The molecule has 8 nitrogen and oxygen atoms in total. The van der Waals surface area contributed by atoms with Gasteiger partial charge in [0.05, 0.1) is 6.54 Å². The number of benzene rings is 1. The fraction of sp³-hybridized carbons (Fsp3) is 0.294. The number of fused-ring (bicyclic) bond motifs is 1. The third kappa shape index (κ3) is 3.91. The van der Waals surface area contributed by atoms with Crippen LogP contribution in [0, 0.1) is 5.82 Å². The Kier molecular flexibility index (Phi) is 4.68. The van der Waals surface area contributed by atoms with E-state index < -0.39 is 17.9 Å². The number of carbonyl (C=O) groups excluding carboxylic acids is 1. The fourth-order valence-corrected chi connectivity index (χ4v) is 2.92. The molecule has 0 saturated heterocycles. The van der Waals surface area contributed by atoms with Crippen molar-refractivity contribution in [3.8, 4) is 5.75 Å². The van der Waals surface area contributed by atoms with Crippen molar-refractivity contribution in [2.45, 2.75) is 26.0 Å². The molecule has 0 radical (unpaired) electrons. The first-order valence-electron chi connectivity index (χ1n) is 8.51. The molecule has 29 heavy (non-hydrogen) atoms. The highest BCUT2D eigenvalue weighted by Crippen LogP contribution is 2.29. The third-order valence-electron chi connectivity index (χ3n) is 4.33. The van der Waals surface area contributed by atoms with Crippen molar-refractivity contribution >= 4 is 5.91 Å². The van der Waals surface area contributed by atoms with Gasteiger partial charge in [-0.25, -0.2) is 9.07 Å². The van der Waals surface area contributed by atoms with Crippen LogP contribution in [0.3, 0.4) is 0 Å². The molecule has 1 aliphatic heterocycles. The van der Waals surface area contributed by atoms with Gasteiger partial charge in [0, 0.05) is 19.3 Å². The van der Waals surface area contributed by atoms with Crippen LogP contribution in [-0.2, 0) is 26.0 Å². The summed E-state index contributed by atoms with van der Waals surface area (Å²) in [7, 11) is 0. The van der Waals surface area contributed by atoms with Crippen molar-refractivity contribution in [3.63, 3.8) is 0 Å². The normalized spacial score (nSPS) is 14.0. The van der Waals surface area contributed by atoms with Gasteiger partial charge in [0.2, 0.25) is 5.82 Å². The number of hydrogen-bond acceptors (Lipinski definition) is 5. The minimum Gasteiger partial charge on any atom is -0.471 e. The molecule has 0 atom stereocenters. The van der Waals surface area contributed by atoms with Crippen molar-refractivity contribution in [1.29, 1.82) is 0 Å². The number of alkyl halides is 3. The quantitative estimate of drug-likeness (QED) is 0.617. The lowest BCUT2D eigenvalue weighted by Crippen LogP contribution is -2.39. The molecule has 0 N–H and O–H groups in total. The highest BCUT2D eigenvalue weighted by atomic mass is 19.4. The first kappa shape index (κ1) is 18.9. The van der Waals surface area contributed by atoms with Crippen LogP contribution in [0.1, 0.15) is 22.1 Å². The molecule has 12 heteroatoms. The van der Waals surface area contributed by atoms with E-state index in [0.717, 1.165) is 4.57 Å². The monoisotopic (exact) mass is 410 g/mol. The van der Waals surface area contributed by atoms with Gasteiger partial charge in [-0.3, -0.25) is 4.79 Å². The van der Waals surface area contributed by atoms with Crippen molar-refractivity contribution in [3.05, 3.63) is 59.7 Å². The summed E-state index contributed by atoms with van der Waals surface area (Å²) >= 11 is 0. The summed E-state index contributed by atoms with van der Waals surface area (Å²) in [5.41, 5.74) is 0.122. The van der Waals surface area contributed by atoms with Crippen LogP contribution in [-0.4, -0.2) is 41.9 Å². The summed E-state index contributed by atoms with van der Waals surface area (Å²) in [5, 5.41) is 10.9. The van der Waals surface area contributed by atoms with Crippen LogP contribution >= 0.6 is 0 Å². The molecule has 1 amide bonds. The second-order valence-corrected chi connectivity index (χ2v) is 6.28. The van der Waals surface area contributed by atoms with Crippen LogP contribution in [0.5, 0.6) is 5.75 Å². The first-order chi connectivity index (χ1) is 13.8. The van der Waals surface area contributed by atoms with Gasteiger partial charge >= 0.3 is 6.18 Å². The van der Waals surface area contributed by atoms with E-state index in [1.807, 2.05) is 0 Å². The highest BCUT2D eigenvalue weighted by molar-refractivity contribution is 5.92. The lowest BCUT2D eigenvalue weighted by molar-refractivity contribution is -0.147. The van der Waals surface area contributed by atoms with Crippen molar-refractivity contribution in [2.75, 3.05) is 6.54 Å². The molecule has 152 valence electrons. The Hall–Kier alpha value is -3.44. The van der Waals surface area contributed by atoms with Gasteiger partial charge in [-0.2, -0.15) is 18.3 Å². The molecule has 0 fully saturated rings. The molecule has 0 unspecified atom stereocenters. The van der Waals surface area contributed by atoms with Crippen LogP contribution in [0.4, 0.5) is 17.6 Å². The van der Waals surface area contributed by atoms with Gasteiger partial charge < -0.3 is 14.2 Å². The molecular formula is C17H14F4N6O2. The van der Waals surface area contributed by atoms with E-state index in [1.165, 1.54) is 46.1 Å². The standard InChI is InChI=1S/C17H14F4N6O2/c18-11-1-3-12(4-2-11)29-10-26-6-5-13(24-26)15(28)25-7-8-27-14(9-25)22-23-16(27)17(19,20)21/h1-6H,7-10H2. The predicted molar refractivity (Wildman–Crippen MR) is 89.0 cm³/mol. The topological polar surface area (TPSA) is 78.1 Å². The van der Waals surface area contributed by atoms with Crippen LogP contribution in [0.25, 0.3) is 0 Å². The lowest BCUT2D eigenvalue weighted by atomic mass is 10.3. The molecule has 2 aromatic heterocycles. The van der Waals surface area contributed by atoms with E-state index in [-0.39, 0.29) is 43.7 Å². The first-order valence-corrected chi connectivity index (χ1v) is 8.51. The number of hydrogen-bond donors (Lipinski definition) is 0. The van der Waals surface area contributed by atoms with E-state index in [0.29, 0.717) is 5.75 Å². The molecular weight excluding hydrogens is 396 g/mol. The Balaban J connectivity index is 1.40. The van der Waals surface area contributed by atoms with E-state index >= 15 is 0 Å². The summed E-state index contributed by atoms with van der Waals surface area (Å²) in [6.07, 6.45) is -3.06. The molecule has 0 aliphatic carbocycles. The van der Waals surface area contributed by atoms with Gasteiger partial charge in [-0.05, 0) is 30.3 Å². The summed E-state index contributed by atoms with van der Waals surface area (Å²) in [6, 6.07) is 6.92. The summed E-state index contributed by atoms with van der Waals surface area (Å²) < 4.78 is 59.4. The second-order valence-electron chi connectivity index (χ2n) is 6.28. The average molecular weight is 410 g/mol. The Morgan fingerprint density at radius 3 is 2.59 bits per heavy atom. The van der Waals surface area contributed by atoms with Crippen molar-refractivity contribution in [1.82, 2.24) is 29.4 Å². The zero-order valence-corrected chi connectivity index (χ0v) is 14.8. The second kappa shape index (κ2) is 7.18. The molecule has 0 bridgehead atoms. The van der Waals surface area contributed by atoms with E-state index in [2.05, 4.69) is 15.3 Å². The van der Waals surface area contributed by atoms with Crippen LogP contribution < -0.4 is 4.74 Å². The number of aromatic nitrogens is 5. The van der Waals surface area contributed by atoms with Crippen molar-refractivity contribution in [2.24, 2.45) is 0 Å². The Morgan fingerprint density at radius 2 is 1.86 bits per heavy atom. The molecule has 0 spiro atoms. The molecule has 3 aromatic rings. The molecule has 1 aliphatic rings. The smallest absolute Gasteiger partial charge is 0.451 e. The van der Waals surface area contributed by atoms with Gasteiger partial charge in [0.15, 0.2) is 18.2 Å². The number of carbonyl (C=O) groups is 1. The van der Waals surface area contributed by atoms with Crippen LogP contribution in [0.2, 0.25) is 0 Å². The number of rotatable bonds is 4. The third-order valence-corrected chi connectivity index (χ3v) is 4.33. The van der Waals surface area contributed by atoms with E-state index in [9.17, 15) is 22.4 Å². The minimum atomic E-state index is -4.60. The Labute approximate surface area is 161 Å². The SMILES string of the molecule is O=C(c1ccn(COc2ccc(F)cc2)n1)N1CCn2c(nnc2C(F)(F)F)C1. The van der Waals surface area contributed by atoms with Gasteiger partial charge in [0.25, 0.3) is 5.91 Å². The zero-order chi connectivity index (χ0) is 20.6. The Bertz CT molecular complexity index is 1030. The summed E-state index contributed by atoms with van der Waals surface area (Å²) in [6.45, 7) is -0.0772. The maximum Gasteiger partial charge on any atom is 0.451 e. The van der Waals surface area contributed by atoms with E-state index in [4.69, 9.17) is 4.74 Å². The number of nitrogens with zero attached hydrogens (tertiary/aromatic N) is 6. The highest BCUT2D eigenvalue weighted by Gasteiger charge is 2.40. The van der Waals surface area contributed by atoms with Gasteiger partial charge in [-0.15, -0.1) is 10.2 Å². The molecule has 1 aromatic carbocycles. The lowest BCUT2D eigenvalue weighted by Gasteiger charge is -2.27. The number of halogens is 4. The molecule has 4 rings (SSSR count). The number of amides is 1. The molecule has 0 saturated carbocycles. The van der Waals surface area contributed by atoms with Gasteiger partial charge in [-0.1, -0.05) is 0 Å². The maximum atomic E-state index is 12.9. The van der Waals surface area contributed by atoms with Crippen LogP contribution in [0.15, 0.2) is 36.5 Å². The Morgan fingerprint density at radius 1 is 1.10 bits per heavy atom. The van der Waals surface area contributed by atoms with Gasteiger partial charge in [0.1, 0.15) is 11.6 Å². The fourth-order valence-electron chi connectivity index (χ4n) is 2.92. The largest absolute Gasteiger partial charge is 0.471 e. The summed E-state index contributed by atoms with van der Waals surface area (Å²) in [5.74, 6) is -1.39. The average Bonchev–Trinajstić information content (AvgIpc) is 3.33. The zero-order valence-electron chi connectivity index (χ0n) is 14.8. The minimum absolute atomic E-state index is 0.00216. The predicted octanol–water partition coefficient (Wildman–Crippen LogP) is 2.33. The maximum absolute atomic E-state index is 12.9. The van der Waals surface area contributed by atoms with E-state index in [1.54, 1.807) is 0 Å². The number of ether oxygens (including phenoxy) is 1. The van der Waals surface area contributed by atoms with Crippen molar-refractivity contribution < 1.29 is 27.1 Å². The molecule has 3 heterocycles.